The highest BCUT2D eigenvalue weighted by atomic mass is 14.9. The Hall–Kier alpha value is -0.820. The van der Waals surface area contributed by atoms with Crippen LogP contribution in [0.2, 0.25) is 0 Å². The molecule has 0 spiro atoms. The molecule has 0 saturated heterocycles. The van der Waals surface area contributed by atoms with Gasteiger partial charge in [-0.15, -0.1) is 0 Å². The van der Waals surface area contributed by atoms with E-state index in [0.29, 0.717) is 0 Å². The molecular formula is C17H25N. The van der Waals surface area contributed by atoms with Crippen LogP contribution < -0.4 is 5.32 Å². The van der Waals surface area contributed by atoms with Crippen molar-refractivity contribution in [2.24, 2.45) is 5.92 Å². The van der Waals surface area contributed by atoms with Crippen LogP contribution in [0, 0.1) is 12.8 Å². The lowest BCUT2D eigenvalue weighted by Crippen LogP contribution is -2.41. The van der Waals surface area contributed by atoms with Gasteiger partial charge in [0.05, 0.1) is 0 Å². The van der Waals surface area contributed by atoms with Crippen LogP contribution in [0.25, 0.3) is 0 Å². The summed E-state index contributed by atoms with van der Waals surface area (Å²) in [6.07, 6.45) is 8.53. The first kappa shape index (κ1) is 12.2. The van der Waals surface area contributed by atoms with Gasteiger partial charge in [-0.3, -0.25) is 0 Å². The lowest BCUT2D eigenvalue weighted by molar-refractivity contribution is 0.276. The molecule has 0 atom stereocenters. The summed E-state index contributed by atoms with van der Waals surface area (Å²) in [4.78, 5) is 0. The maximum absolute atomic E-state index is 3.78. The van der Waals surface area contributed by atoms with Crippen molar-refractivity contribution in [3.05, 3.63) is 35.4 Å². The Bertz CT molecular complexity index is 386. The fourth-order valence-electron chi connectivity index (χ4n) is 3.53. The Kier molecular flexibility index (Phi) is 3.69. The first-order valence-corrected chi connectivity index (χ1v) is 7.61. The third-order valence-corrected chi connectivity index (χ3v) is 4.82. The summed E-state index contributed by atoms with van der Waals surface area (Å²) in [5.74, 6) is 1.79. The summed E-state index contributed by atoms with van der Waals surface area (Å²) in [5, 5.41) is 3.78. The van der Waals surface area contributed by atoms with E-state index in [1.165, 1.54) is 50.6 Å². The van der Waals surface area contributed by atoms with Crippen molar-refractivity contribution in [1.29, 1.82) is 0 Å². The molecule has 1 N–H and O–H groups in total. The third-order valence-electron chi connectivity index (χ3n) is 4.82. The Morgan fingerprint density at radius 2 is 1.94 bits per heavy atom. The van der Waals surface area contributed by atoms with Gasteiger partial charge in [-0.05, 0) is 56.6 Å². The zero-order chi connectivity index (χ0) is 12.4. The van der Waals surface area contributed by atoms with Crippen LogP contribution in [0.5, 0.6) is 0 Å². The minimum atomic E-state index is 0.788. The highest BCUT2D eigenvalue weighted by Crippen LogP contribution is 2.37. The standard InChI is InChI=1S/C17H25N/c1-13-5-4-8-15(9-13)16-10-17(11-16)18-12-14-6-2-3-7-14/h4-5,8-9,14,16-18H,2-3,6-7,10-12H2,1H3. The average Bonchev–Trinajstić information content (AvgIpc) is 2.80. The second-order valence-electron chi connectivity index (χ2n) is 6.34. The molecule has 1 heteroatoms. The summed E-state index contributed by atoms with van der Waals surface area (Å²) in [7, 11) is 0. The van der Waals surface area contributed by atoms with Gasteiger partial charge in [-0.1, -0.05) is 42.7 Å². The molecule has 0 aliphatic heterocycles. The number of hydrogen-bond donors (Lipinski definition) is 1. The van der Waals surface area contributed by atoms with Gasteiger partial charge in [-0.25, -0.2) is 0 Å². The highest BCUT2D eigenvalue weighted by Gasteiger charge is 2.30. The topological polar surface area (TPSA) is 12.0 Å². The molecule has 0 amide bonds. The first-order valence-electron chi connectivity index (χ1n) is 7.61. The van der Waals surface area contributed by atoms with E-state index in [0.717, 1.165) is 17.9 Å². The fourth-order valence-corrected chi connectivity index (χ4v) is 3.53. The Morgan fingerprint density at radius 1 is 1.17 bits per heavy atom. The molecule has 0 heterocycles. The fraction of sp³-hybridized carbons (Fsp3) is 0.647. The van der Waals surface area contributed by atoms with Crippen molar-refractivity contribution < 1.29 is 0 Å². The van der Waals surface area contributed by atoms with E-state index in [9.17, 15) is 0 Å². The Morgan fingerprint density at radius 3 is 2.67 bits per heavy atom. The number of nitrogens with one attached hydrogen (secondary N) is 1. The molecule has 98 valence electrons. The molecule has 2 aliphatic carbocycles. The monoisotopic (exact) mass is 243 g/mol. The highest BCUT2D eigenvalue weighted by molar-refractivity contribution is 5.27. The summed E-state index contributed by atoms with van der Waals surface area (Å²) < 4.78 is 0. The number of rotatable bonds is 4. The van der Waals surface area contributed by atoms with Crippen LogP contribution in [0.15, 0.2) is 24.3 Å². The van der Waals surface area contributed by atoms with E-state index in [2.05, 4.69) is 36.5 Å². The van der Waals surface area contributed by atoms with Crippen molar-refractivity contribution >= 4 is 0 Å². The SMILES string of the molecule is Cc1cccc(C2CC(NCC3CCCC3)C2)c1. The second kappa shape index (κ2) is 5.44. The molecule has 0 unspecified atom stereocenters. The van der Waals surface area contributed by atoms with Crippen LogP contribution in [0.4, 0.5) is 0 Å². The molecule has 2 saturated carbocycles. The van der Waals surface area contributed by atoms with Crippen molar-refractivity contribution in [3.63, 3.8) is 0 Å². The largest absolute Gasteiger partial charge is 0.314 e. The Balaban J connectivity index is 1.42. The van der Waals surface area contributed by atoms with Gasteiger partial charge in [0, 0.05) is 6.04 Å². The lowest BCUT2D eigenvalue weighted by atomic mass is 9.75. The van der Waals surface area contributed by atoms with Gasteiger partial charge >= 0.3 is 0 Å². The first-order chi connectivity index (χ1) is 8.81. The van der Waals surface area contributed by atoms with Crippen LogP contribution in [0.1, 0.15) is 55.6 Å². The van der Waals surface area contributed by atoms with Gasteiger partial charge in [-0.2, -0.15) is 0 Å². The number of hydrogen-bond acceptors (Lipinski definition) is 1. The van der Waals surface area contributed by atoms with Crippen molar-refractivity contribution in [2.45, 2.75) is 57.4 Å². The van der Waals surface area contributed by atoms with Crippen LogP contribution in [-0.4, -0.2) is 12.6 Å². The molecular weight excluding hydrogens is 218 g/mol. The molecule has 1 aromatic rings. The maximum Gasteiger partial charge on any atom is 0.00788 e. The van der Waals surface area contributed by atoms with E-state index in [1.807, 2.05) is 0 Å². The predicted octanol–water partition coefficient (Wildman–Crippen LogP) is 4.02. The molecule has 18 heavy (non-hydrogen) atoms. The van der Waals surface area contributed by atoms with Crippen molar-refractivity contribution in [1.82, 2.24) is 5.32 Å². The van der Waals surface area contributed by atoms with Gasteiger partial charge < -0.3 is 5.32 Å². The van der Waals surface area contributed by atoms with Gasteiger partial charge in [0.1, 0.15) is 0 Å². The molecule has 2 aliphatic rings. The van der Waals surface area contributed by atoms with Gasteiger partial charge in [0.15, 0.2) is 0 Å². The van der Waals surface area contributed by atoms with Crippen LogP contribution >= 0.6 is 0 Å². The Labute approximate surface area is 111 Å². The molecule has 1 nitrogen and oxygen atoms in total. The molecule has 0 bridgehead atoms. The molecule has 3 rings (SSSR count). The third kappa shape index (κ3) is 2.77. The second-order valence-corrected chi connectivity index (χ2v) is 6.34. The summed E-state index contributed by atoms with van der Waals surface area (Å²) in [5.41, 5.74) is 2.95. The summed E-state index contributed by atoms with van der Waals surface area (Å²) >= 11 is 0. The van der Waals surface area contributed by atoms with E-state index in [4.69, 9.17) is 0 Å². The predicted molar refractivity (Wildman–Crippen MR) is 76.9 cm³/mol. The maximum atomic E-state index is 3.78. The lowest BCUT2D eigenvalue weighted by Gasteiger charge is -2.37. The minimum absolute atomic E-state index is 0.788. The van der Waals surface area contributed by atoms with E-state index in [-0.39, 0.29) is 0 Å². The average molecular weight is 243 g/mol. The van der Waals surface area contributed by atoms with Crippen molar-refractivity contribution in [2.75, 3.05) is 6.54 Å². The van der Waals surface area contributed by atoms with Crippen LogP contribution in [-0.2, 0) is 0 Å². The molecule has 0 radical (unpaired) electrons. The van der Waals surface area contributed by atoms with Crippen LogP contribution in [0.3, 0.4) is 0 Å². The molecule has 0 aromatic heterocycles. The smallest absolute Gasteiger partial charge is 0.00788 e. The summed E-state index contributed by atoms with van der Waals surface area (Å²) in [6, 6.07) is 9.83. The minimum Gasteiger partial charge on any atom is -0.314 e. The zero-order valence-corrected chi connectivity index (χ0v) is 11.5. The van der Waals surface area contributed by atoms with Gasteiger partial charge in [0.25, 0.3) is 0 Å². The summed E-state index contributed by atoms with van der Waals surface area (Å²) in [6.45, 7) is 3.46. The molecule has 2 fully saturated rings. The van der Waals surface area contributed by atoms with E-state index in [1.54, 1.807) is 5.56 Å². The van der Waals surface area contributed by atoms with Gasteiger partial charge in [0.2, 0.25) is 0 Å². The molecule has 1 aromatic carbocycles. The van der Waals surface area contributed by atoms with Crippen molar-refractivity contribution in [3.8, 4) is 0 Å². The normalized spacial score (nSPS) is 28.3. The zero-order valence-electron chi connectivity index (χ0n) is 11.5. The number of aryl methyl sites for hydroxylation is 1. The quantitative estimate of drug-likeness (QED) is 0.842. The van der Waals surface area contributed by atoms with E-state index < -0.39 is 0 Å². The van der Waals surface area contributed by atoms with E-state index >= 15 is 0 Å². The number of benzene rings is 1.